The van der Waals surface area contributed by atoms with Gasteiger partial charge in [-0.3, -0.25) is 0 Å². The van der Waals surface area contributed by atoms with Gasteiger partial charge in [-0.1, -0.05) is 6.42 Å². The Bertz CT molecular complexity index is 472. The molecule has 3 nitrogen and oxygen atoms in total. The topological polar surface area (TPSA) is 37.8 Å². The van der Waals surface area contributed by atoms with Crippen LogP contribution in [0.1, 0.15) is 50.3 Å². The third-order valence-corrected chi connectivity index (χ3v) is 5.13. The van der Waals surface area contributed by atoms with Gasteiger partial charge in [0.05, 0.1) is 0 Å². The normalized spacial score (nSPS) is 33.9. The van der Waals surface area contributed by atoms with E-state index >= 15 is 0 Å². The molecule has 3 unspecified atom stereocenters. The van der Waals surface area contributed by atoms with Crippen molar-refractivity contribution in [3.63, 3.8) is 0 Å². The maximum absolute atomic E-state index is 4.69. The van der Waals surface area contributed by atoms with E-state index in [0.717, 1.165) is 28.1 Å². The fourth-order valence-electron chi connectivity index (χ4n) is 3.64. The molecule has 3 saturated carbocycles. The summed E-state index contributed by atoms with van der Waals surface area (Å²) in [6.07, 6.45) is 8.13. The van der Waals surface area contributed by atoms with E-state index in [1.54, 1.807) is 0 Å². The van der Waals surface area contributed by atoms with Crippen LogP contribution < -0.4 is 5.32 Å². The van der Waals surface area contributed by atoms with E-state index < -0.39 is 0 Å². The van der Waals surface area contributed by atoms with Crippen molar-refractivity contribution in [3.8, 4) is 0 Å². The molecule has 2 bridgehead atoms. The number of halogens is 1. The Balaban J connectivity index is 1.53. The standard InChI is InChI=1S/C14H18BrN3/c15-12-7-13(18-14(17-12)9-3-4-9)16-11-6-8-1-2-10(11)5-8/h7-11H,1-6H2,(H,16,17,18). The summed E-state index contributed by atoms with van der Waals surface area (Å²) >= 11 is 3.51. The van der Waals surface area contributed by atoms with Gasteiger partial charge < -0.3 is 5.32 Å². The fourth-order valence-corrected chi connectivity index (χ4v) is 4.04. The molecule has 1 aromatic rings. The number of hydrogen-bond donors (Lipinski definition) is 1. The minimum Gasteiger partial charge on any atom is -0.367 e. The molecule has 3 aliphatic rings. The number of nitrogens with zero attached hydrogens (tertiary/aromatic N) is 2. The zero-order chi connectivity index (χ0) is 12.1. The van der Waals surface area contributed by atoms with Crippen LogP contribution in [0, 0.1) is 11.8 Å². The number of nitrogens with one attached hydrogen (secondary N) is 1. The Morgan fingerprint density at radius 1 is 1.11 bits per heavy atom. The molecular formula is C14H18BrN3. The van der Waals surface area contributed by atoms with Gasteiger partial charge in [-0.15, -0.1) is 0 Å². The van der Waals surface area contributed by atoms with Gasteiger partial charge in [0.2, 0.25) is 0 Å². The number of hydrogen-bond acceptors (Lipinski definition) is 3. The van der Waals surface area contributed by atoms with Crippen LogP contribution in [0.5, 0.6) is 0 Å². The molecule has 18 heavy (non-hydrogen) atoms. The van der Waals surface area contributed by atoms with Crippen molar-refractivity contribution in [2.75, 3.05) is 5.32 Å². The van der Waals surface area contributed by atoms with Crippen molar-refractivity contribution >= 4 is 21.7 Å². The molecule has 1 aromatic heterocycles. The van der Waals surface area contributed by atoms with E-state index in [1.807, 2.05) is 6.07 Å². The molecule has 96 valence electrons. The molecular weight excluding hydrogens is 290 g/mol. The van der Waals surface area contributed by atoms with Gasteiger partial charge >= 0.3 is 0 Å². The Hall–Kier alpha value is -0.640. The molecule has 0 aromatic carbocycles. The van der Waals surface area contributed by atoms with Crippen molar-refractivity contribution < 1.29 is 0 Å². The Kier molecular flexibility index (Phi) is 2.61. The second-order valence-electron chi connectivity index (χ2n) is 6.13. The lowest BCUT2D eigenvalue weighted by atomic mass is 9.95. The first kappa shape index (κ1) is 11.2. The molecule has 4 heteroatoms. The maximum atomic E-state index is 4.69. The van der Waals surface area contributed by atoms with E-state index in [-0.39, 0.29) is 0 Å². The smallest absolute Gasteiger partial charge is 0.135 e. The summed E-state index contributed by atoms with van der Waals surface area (Å²) < 4.78 is 0.921. The van der Waals surface area contributed by atoms with Crippen molar-refractivity contribution in [2.24, 2.45) is 11.8 Å². The molecule has 1 N–H and O–H groups in total. The van der Waals surface area contributed by atoms with Gasteiger partial charge in [0.1, 0.15) is 16.2 Å². The van der Waals surface area contributed by atoms with E-state index in [2.05, 4.69) is 26.2 Å². The summed E-state index contributed by atoms with van der Waals surface area (Å²) in [5, 5.41) is 3.66. The van der Waals surface area contributed by atoms with E-state index in [1.165, 1.54) is 38.5 Å². The lowest BCUT2D eigenvalue weighted by molar-refractivity contribution is 0.438. The van der Waals surface area contributed by atoms with Gasteiger partial charge in [-0.2, -0.15) is 0 Å². The predicted octanol–water partition coefficient (Wildman–Crippen LogP) is 3.72. The van der Waals surface area contributed by atoms with Crippen LogP contribution in [0.2, 0.25) is 0 Å². The number of rotatable bonds is 3. The zero-order valence-electron chi connectivity index (χ0n) is 10.4. The summed E-state index contributed by atoms with van der Waals surface area (Å²) in [4.78, 5) is 9.17. The van der Waals surface area contributed by atoms with Gasteiger partial charge in [0.25, 0.3) is 0 Å². The number of fused-ring (bicyclic) bond motifs is 2. The zero-order valence-corrected chi connectivity index (χ0v) is 12.0. The van der Waals surface area contributed by atoms with Crippen LogP contribution in [0.4, 0.5) is 5.82 Å². The minimum atomic E-state index is 0.614. The third kappa shape index (κ3) is 2.04. The highest BCUT2D eigenvalue weighted by Gasteiger charge is 2.39. The summed E-state index contributed by atoms with van der Waals surface area (Å²) in [7, 11) is 0. The molecule has 3 atom stereocenters. The number of anilines is 1. The van der Waals surface area contributed by atoms with Gasteiger partial charge in [0, 0.05) is 18.0 Å². The second-order valence-corrected chi connectivity index (χ2v) is 6.95. The molecule has 3 fully saturated rings. The van der Waals surface area contributed by atoms with Crippen LogP contribution in [-0.4, -0.2) is 16.0 Å². The highest BCUT2D eigenvalue weighted by atomic mass is 79.9. The van der Waals surface area contributed by atoms with Crippen molar-refractivity contribution in [2.45, 2.75) is 50.5 Å². The summed E-state index contributed by atoms with van der Waals surface area (Å²) in [6, 6.07) is 2.68. The quantitative estimate of drug-likeness (QED) is 0.865. The van der Waals surface area contributed by atoms with E-state index in [0.29, 0.717) is 12.0 Å². The summed E-state index contributed by atoms with van der Waals surface area (Å²) in [6.45, 7) is 0. The van der Waals surface area contributed by atoms with Crippen LogP contribution in [0.15, 0.2) is 10.7 Å². The molecule has 3 aliphatic carbocycles. The predicted molar refractivity (Wildman–Crippen MR) is 74.6 cm³/mol. The van der Waals surface area contributed by atoms with E-state index in [4.69, 9.17) is 4.98 Å². The summed E-state index contributed by atoms with van der Waals surface area (Å²) in [5.41, 5.74) is 0. The van der Waals surface area contributed by atoms with Gasteiger partial charge in [-0.05, 0) is 59.9 Å². The van der Waals surface area contributed by atoms with Crippen molar-refractivity contribution in [1.82, 2.24) is 9.97 Å². The molecule has 0 aliphatic heterocycles. The van der Waals surface area contributed by atoms with E-state index in [9.17, 15) is 0 Å². The monoisotopic (exact) mass is 307 g/mol. The lowest BCUT2D eigenvalue weighted by Crippen LogP contribution is -2.26. The third-order valence-electron chi connectivity index (χ3n) is 4.73. The molecule has 0 amide bonds. The van der Waals surface area contributed by atoms with Crippen LogP contribution >= 0.6 is 15.9 Å². The SMILES string of the molecule is Brc1cc(NC2CC3CCC2C3)nc(C2CC2)n1. The van der Waals surface area contributed by atoms with Gasteiger partial charge in [-0.25, -0.2) is 9.97 Å². The average molecular weight is 308 g/mol. The molecule has 0 radical (unpaired) electrons. The first-order chi connectivity index (χ1) is 8.78. The molecule has 0 spiro atoms. The van der Waals surface area contributed by atoms with Crippen LogP contribution in [0.25, 0.3) is 0 Å². The molecule has 4 rings (SSSR count). The Morgan fingerprint density at radius 3 is 2.67 bits per heavy atom. The van der Waals surface area contributed by atoms with Crippen LogP contribution in [-0.2, 0) is 0 Å². The lowest BCUT2D eigenvalue weighted by Gasteiger charge is -2.23. The number of aromatic nitrogens is 2. The largest absolute Gasteiger partial charge is 0.367 e. The fraction of sp³-hybridized carbons (Fsp3) is 0.714. The highest BCUT2D eigenvalue weighted by Crippen LogP contribution is 2.45. The average Bonchev–Trinajstić information content (AvgIpc) is 3.00. The Labute approximate surface area is 116 Å². The van der Waals surface area contributed by atoms with Crippen LogP contribution in [0.3, 0.4) is 0 Å². The summed E-state index contributed by atoms with van der Waals surface area (Å²) in [5.74, 6) is 4.52. The first-order valence-corrected chi connectivity index (χ1v) is 7.88. The first-order valence-electron chi connectivity index (χ1n) is 7.09. The van der Waals surface area contributed by atoms with Crippen molar-refractivity contribution in [1.29, 1.82) is 0 Å². The maximum Gasteiger partial charge on any atom is 0.135 e. The highest BCUT2D eigenvalue weighted by molar-refractivity contribution is 9.10. The Morgan fingerprint density at radius 2 is 2.00 bits per heavy atom. The minimum absolute atomic E-state index is 0.614. The second kappa shape index (κ2) is 4.19. The van der Waals surface area contributed by atoms with Gasteiger partial charge in [0.15, 0.2) is 0 Å². The van der Waals surface area contributed by atoms with Crippen molar-refractivity contribution in [3.05, 3.63) is 16.5 Å². The molecule has 0 saturated heterocycles. The molecule has 1 heterocycles.